The minimum absolute atomic E-state index is 0.0299. The van der Waals surface area contributed by atoms with E-state index in [0.29, 0.717) is 21.3 Å². The number of phenolic OH excluding ortho intramolecular Hbond substituents is 1. The normalized spacial score (nSPS) is 11.4. The molecule has 8 nitrogen and oxygen atoms in total. The Morgan fingerprint density at radius 1 is 0.872 bits per heavy atom. The van der Waals surface area contributed by atoms with Gasteiger partial charge in [-0.25, -0.2) is 14.7 Å². The van der Waals surface area contributed by atoms with Crippen LogP contribution < -0.4 is 0 Å². The molecule has 192 valence electrons. The first kappa shape index (κ1) is 26.2. The molecule has 0 saturated heterocycles. The topological polar surface area (TPSA) is 106 Å². The molecular weight excluding hydrogens is 626 g/mol. The summed E-state index contributed by atoms with van der Waals surface area (Å²) in [6.07, 6.45) is 4.73. The average molecular weight is 645 g/mol. The quantitative estimate of drug-likeness (QED) is 0.110. The average Bonchev–Trinajstić information content (AvgIpc) is 3.36. The van der Waals surface area contributed by atoms with Gasteiger partial charge in [0.05, 0.1) is 27.5 Å². The highest BCUT2D eigenvalue weighted by Gasteiger charge is 2.11. The van der Waals surface area contributed by atoms with Crippen LogP contribution in [0.15, 0.2) is 116 Å². The Morgan fingerprint density at radius 2 is 1.59 bits per heavy atom. The molecule has 4 aromatic carbocycles. The number of non-ortho nitro benzene ring substituents is 1. The van der Waals surface area contributed by atoms with Crippen LogP contribution in [0.1, 0.15) is 11.1 Å². The van der Waals surface area contributed by atoms with Crippen LogP contribution in [0.5, 0.6) is 5.75 Å². The summed E-state index contributed by atoms with van der Waals surface area (Å²) in [4.78, 5) is 19.9. The number of aromatic nitrogens is 2. The molecule has 0 aliphatic rings. The molecular formula is C29H19Br2N5O3. The number of rotatable bonds is 7. The van der Waals surface area contributed by atoms with Crippen LogP contribution >= 0.6 is 31.9 Å². The maximum absolute atomic E-state index is 11.2. The van der Waals surface area contributed by atoms with E-state index in [2.05, 4.69) is 59.1 Å². The maximum Gasteiger partial charge on any atom is 0.270 e. The van der Waals surface area contributed by atoms with Gasteiger partial charge in [0.25, 0.3) is 11.6 Å². The fraction of sp³-hybridized carbons (Fsp3) is 0. The second-order valence-electron chi connectivity index (χ2n) is 8.39. The second kappa shape index (κ2) is 11.5. The molecule has 5 rings (SSSR count). The number of hydrogen-bond acceptors (Lipinski definition) is 6. The van der Waals surface area contributed by atoms with Gasteiger partial charge in [0.2, 0.25) is 0 Å². The number of nitro groups is 1. The summed E-state index contributed by atoms with van der Waals surface area (Å²) < 4.78 is 2.77. The van der Waals surface area contributed by atoms with Gasteiger partial charge in [-0.05, 0) is 39.2 Å². The zero-order valence-electron chi connectivity index (χ0n) is 20.1. The number of nitro benzene ring substituents is 1. The molecule has 0 spiro atoms. The van der Waals surface area contributed by atoms with Gasteiger partial charge in [0.15, 0.2) is 0 Å². The standard InChI is InChI=1S/C29H19Br2N5O3/c30-24-14-23(28(37)26(31)15-24)17-32-29-34-27(22-11-9-21(10-12-22)20-6-2-1-3-7-20)18-35(29)33-16-19-5-4-8-25(13-19)36(38)39/h1-18,37H/b32-17?,33-16-. The maximum atomic E-state index is 11.2. The highest BCUT2D eigenvalue weighted by atomic mass is 79.9. The summed E-state index contributed by atoms with van der Waals surface area (Å²) >= 11 is 6.74. The van der Waals surface area contributed by atoms with Crippen LogP contribution in [0, 0.1) is 10.1 Å². The van der Waals surface area contributed by atoms with Crippen molar-refractivity contribution in [2.75, 3.05) is 0 Å². The van der Waals surface area contributed by atoms with E-state index in [1.165, 1.54) is 29.2 Å². The zero-order valence-corrected chi connectivity index (χ0v) is 23.3. The molecule has 0 atom stereocenters. The van der Waals surface area contributed by atoms with Gasteiger partial charge >= 0.3 is 0 Å². The molecule has 0 saturated carbocycles. The van der Waals surface area contributed by atoms with E-state index in [9.17, 15) is 15.2 Å². The van der Waals surface area contributed by atoms with E-state index in [1.807, 2.05) is 42.5 Å². The minimum atomic E-state index is -0.454. The predicted octanol–water partition coefficient (Wildman–Crippen LogP) is 7.99. The van der Waals surface area contributed by atoms with Gasteiger partial charge < -0.3 is 5.11 Å². The zero-order chi connectivity index (χ0) is 27.4. The van der Waals surface area contributed by atoms with E-state index in [4.69, 9.17) is 0 Å². The van der Waals surface area contributed by atoms with Gasteiger partial charge in [0.1, 0.15) is 5.75 Å². The third-order valence-corrected chi connectivity index (χ3v) is 6.81. The number of halogens is 2. The predicted molar refractivity (Wildman–Crippen MR) is 160 cm³/mol. The summed E-state index contributed by atoms with van der Waals surface area (Å²) in [7, 11) is 0. The van der Waals surface area contributed by atoms with Crippen molar-refractivity contribution in [3.05, 3.63) is 127 Å². The van der Waals surface area contributed by atoms with E-state index in [-0.39, 0.29) is 17.4 Å². The van der Waals surface area contributed by atoms with Crippen LogP contribution in [0.3, 0.4) is 0 Å². The lowest BCUT2D eigenvalue weighted by Crippen LogP contribution is -1.92. The molecule has 0 unspecified atom stereocenters. The highest BCUT2D eigenvalue weighted by molar-refractivity contribution is 9.11. The number of nitrogens with zero attached hydrogens (tertiary/aromatic N) is 5. The highest BCUT2D eigenvalue weighted by Crippen LogP contribution is 2.31. The first-order chi connectivity index (χ1) is 18.9. The molecule has 1 aromatic heterocycles. The summed E-state index contributed by atoms with van der Waals surface area (Å²) in [6.45, 7) is 0. The lowest BCUT2D eigenvalue weighted by atomic mass is 10.0. The summed E-state index contributed by atoms with van der Waals surface area (Å²) in [5, 5.41) is 26.0. The number of benzene rings is 4. The molecule has 0 bridgehead atoms. The second-order valence-corrected chi connectivity index (χ2v) is 10.2. The Labute approximate surface area is 240 Å². The number of phenols is 1. The fourth-order valence-corrected chi connectivity index (χ4v) is 5.05. The molecule has 0 aliphatic carbocycles. The van der Waals surface area contributed by atoms with E-state index >= 15 is 0 Å². The Kier molecular flexibility index (Phi) is 7.76. The Morgan fingerprint density at radius 3 is 2.33 bits per heavy atom. The van der Waals surface area contributed by atoms with Crippen molar-refractivity contribution in [2.45, 2.75) is 0 Å². The summed E-state index contributed by atoms with van der Waals surface area (Å²) in [6, 6.07) is 27.7. The first-order valence-corrected chi connectivity index (χ1v) is 13.2. The molecule has 5 aromatic rings. The van der Waals surface area contributed by atoms with Gasteiger partial charge in [-0.1, -0.05) is 82.7 Å². The molecule has 1 heterocycles. The van der Waals surface area contributed by atoms with Crippen LogP contribution in [-0.2, 0) is 0 Å². The largest absolute Gasteiger partial charge is 0.506 e. The van der Waals surface area contributed by atoms with Crippen molar-refractivity contribution in [1.29, 1.82) is 0 Å². The molecule has 1 N–H and O–H groups in total. The van der Waals surface area contributed by atoms with Crippen LogP contribution in [0.4, 0.5) is 11.6 Å². The summed E-state index contributed by atoms with van der Waals surface area (Å²) in [5.74, 6) is 0.297. The molecule has 0 radical (unpaired) electrons. The number of hydrogen-bond donors (Lipinski definition) is 1. The van der Waals surface area contributed by atoms with Crippen LogP contribution in [0.2, 0.25) is 0 Å². The molecule has 39 heavy (non-hydrogen) atoms. The van der Waals surface area contributed by atoms with E-state index in [1.54, 1.807) is 30.5 Å². The lowest BCUT2D eigenvalue weighted by Gasteiger charge is -2.02. The van der Waals surface area contributed by atoms with Crippen molar-refractivity contribution in [3.8, 4) is 28.1 Å². The number of imidazole rings is 1. The van der Waals surface area contributed by atoms with Gasteiger partial charge in [0, 0.05) is 39.5 Å². The SMILES string of the molecule is O=[N+]([O-])c1cccc(/C=N\n2cc(-c3ccc(-c4ccccc4)cc3)nc2N=Cc2cc(Br)cc(Br)c2O)c1. The van der Waals surface area contributed by atoms with Crippen molar-refractivity contribution < 1.29 is 10.0 Å². The summed E-state index contributed by atoms with van der Waals surface area (Å²) in [5.41, 5.74) is 4.69. The van der Waals surface area contributed by atoms with E-state index in [0.717, 1.165) is 21.2 Å². The molecule has 0 aliphatic heterocycles. The van der Waals surface area contributed by atoms with Crippen LogP contribution in [0.25, 0.3) is 22.4 Å². The smallest absolute Gasteiger partial charge is 0.270 e. The van der Waals surface area contributed by atoms with Crippen molar-refractivity contribution >= 4 is 55.9 Å². The number of aliphatic imine (C=N–C) groups is 1. The fourth-order valence-electron chi connectivity index (χ4n) is 3.80. The number of aromatic hydroxyl groups is 1. The molecule has 0 amide bonds. The monoisotopic (exact) mass is 643 g/mol. The first-order valence-electron chi connectivity index (χ1n) is 11.6. The third kappa shape index (κ3) is 6.19. The Balaban J connectivity index is 1.52. The van der Waals surface area contributed by atoms with Gasteiger partial charge in [-0.3, -0.25) is 10.1 Å². The molecule has 10 heteroatoms. The minimum Gasteiger partial charge on any atom is -0.506 e. The van der Waals surface area contributed by atoms with Crippen molar-refractivity contribution in [3.63, 3.8) is 0 Å². The van der Waals surface area contributed by atoms with Gasteiger partial charge in [-0.15, -0.1) is 0 Å². The Bertz CT molecular complexity index is 1720. The van der Waals surface area contributed by atoms with Crippen molar-refractivity contribution in [1.82, 2.24) is 9.66 Å². The van der Waals surface area contributed by atoms with Crippen molar-refractivity contribution in [2.24, 2.45) is 10.1 Å². The van der Waals surface area contributed by atoms with Gasteiger partial charge in [-0.2, -0.15) is 5.10 Å². The van der Waals surface area contributed by atoms with Crippen LogP contribution in [-0.4, -0.2) is 32.1 Å². The lowest BCUT2D eigenvalue weighted by molar-refractivity contribution is -0.384. The third-order valence-electron chi connectivity index (χ3n) is 5.75. The Hall–Kier alpha value is -4.41. The van der Waals surface area contributed by atoms with E-state index < -0.39 is 4.92 Å². The molecule has 0 fully saturated rings.